The molecule has 0 saturated heterocycles. The van der Waals surface area contributed by atoms with Crippen LogP contribution in [0, 0.1) is 11.7 Å². The third kappa shape index (κ3) is 4.07. The van der Waals surface area contributed by atoms with Crippen LogP contribution in [0.2, 0.25) is 0 Å². The maximum absolute atomic E-state index is 13.1. The molecule has 2 N–H and O–H groups in total. The molecular formula is C15H23FN2. The molecule has 2 unspecified atom stereocenters. The molecule has 18 heavy (non-hydrogen) atoms. The fourth-order valence-electron chi connectivity index (χ4n) is 2.95. The van der Waals surface area contributed by atoms with Crippen LogP contribution in [0.3, 0.4) is 0 Å². The van der Waals surface area contributed by atoms with E-state index in [0.717, 1.165) is 25.1 Å². The highest BCUT2D eigenvalue weighted by molar-refractivity contribution is 5.16. The second-order valence-corrected chi connectivity index (χ2v) is 5.62. The predicted octanol–water partition coefficient (Wildman–Crippen LogP) is 2.78. The number of nitrogens with zero attached hydrogens (tertiary/aromatic N) is 1. The number of hydrogen-bond donors (Lipinski definition) is 1. The molecule has 0 radical (unpaired) electrons. The lowest BCUT2D eigenvalue weighted by Gasteiger charge is -2.30. The molecule has 0 aromatic heterocycles. The molecular weight excluding hydrogens is 227 g/mol. The van der Waals surface area contributed by atoms with Crippen molar-refractivity contribution in [2.75, 3.05) is 13.6 Å². The van der Waals surface area contributed by atoms with Crippen molar-refractivity contribution < 1.29 is 4.39 Å². The minimum absolute atomic E-state index is 0.152. The highest BCUT2D eigenvalue weighted by atomic mass is 19.1. The Balaban J connectivity index is 1.82. The Bertz CT molecular complexity index is 381. The Morgan fingerprint density at radius 1 is 1.39 bits per heavy atom. The van der Waals surface area contributed by atoms with Crippen LogP contribution in [-0.2, 0) is 6.54 Å². The van der Waals surface area contributed by atoms with Gasteiger partial charge in [-0.1, -0.05) is 18.6 Å². The minimum Gasteiger partial charge on any atom is -0.328 e. The zero-order valence-electron chi connectivity index (χ0n) is 11.1. The molecule has 1 saturated carbocycles. The van der Waals surface area contributed by atoms with Crippen molar-refractivity contribution >= 4 is 0 Å². The van der Waals surface area contributed by atoms with Crippen molar-refractivity contribution in [3.63, 3.8) is 0 Å². The molecule has 100 valence electrons. The minimum atomic E-state index is -0.152. The van der Waals surface area contributed by atoms with Crippen molar-refractivity contribution in [2.45, 2.75) is 38.3 Å². The van der Waals surface area contributed by atoms with E-state index in [1.165, 1.54) is 25.3 Å². The molecule has 2 rings (SSSR count). The standard InChI is InChI=1S/C15H23FN2/c1-18(10-12-4-2-6-14(16)8-12)11-13-5-3-7-15(17)9-13/h2,4,6,8,13,15H,3,5,7,9-11,17H2,1H3. The van der Waals surface area contributed by atoms with Gasteiger partial charge in [0.2, 0.25) is 0 Å². The number of rotatable bonds is 4. The Labute approximate surface area is 109 Å². The fourth-order valence-corrected chi connectivity index (χ4v) is 2.95. The van der Waals surface area contributed by atoms with Gasteiger partial charge in [-0.15, -0.1) is 0 Å². The lowest BCUT2D eigenvalue weighted by molar-refractivity contribution is 0.216. The van der Waals surface area contributed by atoms with Gasteiger partial charge in [0, 0.05) is 19.1 Å². The molecule has 0 aliphatic heterocycles. The molecule has 1 aromatic rings. The van der Waals surface area contributed by atoms with Gasteiger partial charge in [-0.25, -0.2) is 4.39 Å². The summed E-state index contributed by atoms with van der Waals surface area (Å²) in [6.07, 6.45) is 4.83. The van der Waals surface area contributed by atoms with Crippen LogP contribution in [0.15, 0.2) is 24.3 Å². The number of benzene rings is 1. The van der Waals surface area contributed by atoms with E-state index in [9.17, 15) is 4.39 Å². The summed E-state index contributed by atoms with van der Waals surface area (Å²) in [6.45, 7) is 1.87. The lowest BCUT2D eigenvalue weighted by atomic mass is 9.86. The molecule has 3 heteroatoms. The van der Waals surface area contributed by atoms with Gasteiger partial charge in [0.25, 0.3) is 0 Å². The molecule has 0 spiro atoms. The first-order valence-corrected chi connectivity index (χ1v) is 6.82. The Hall–Kier alpha value is -0.930. The number of halogens is 1. The second kappa shape index (κ2) is 6.30. The summed E-state index contributed by atoms with van der Waals surface area (Å²) in [6, 6.07) is 7.24. The van der Waals surface area contributed by atoms with E-state index in [-0.39, 0.29) is 5.82 Å². The summed E-state index contributed by atoms with van der Waals surface area (Å²) >= 11 is 0. The van der Waals surface area contributed by atoms with Crippen LogP contribution in [-0.4, -0.2) is 24.5 Å². The van der Waals surface area contributed by atoms with Crippen molar-refractivity contribution in [3.05, 3.63) is 35.6 Å². The van der Waals surface area contributed by atoms with Crippen LogP contribution in [0.1, 0.15) is 31.2 Å². The maximum atomic E-state index is 13.1. The quantitative estimate of drug-likeness (QED) is 0.890. The van der Waals surface area contributed by atoms with E-state index >= 15 is 0 Å². The summed E-state index contributed by atoms with van der Waals surface area (Å²) in [5.41, 5.74) is 7.04. The molecule has 0 amide bonds. The van der Waals surface area contributed by atoms with Gasteiger partial charge in [0.15, 0.2) is 0 Å². The smallest absolute Gasteiger partial charge is 0.123 e. The van der Waals surface area contributed by atoms with Crippen molar-refractivity contribution in [3.8, 4) is 0 Å². The first-order chi connectivity index (χ1) is 8.63. The van der Waals surface area contributed by atoms with Crippen LogP contribution in [0.25, 0.3) is 0 Å². The molecule has 1 aliphatic rings. The van der Waals surface area contributed by atoms with Gasteiger partial charge < -0.3 is 10.6 Å². The number of hydrogen-bond acceptors (Lipinski definition) is 2. The third-order valence-corrected chi connectivity index (χ3v) is 3.73. The van der Waals surface area contributed by atoms with E-state index in [2.05, 4.69) is 11.9 Å². The van der Waals surface area contributed by atoms with Gasteiger partial charge in [0.1, 0.15) is 5.82 Å². The average Bonchev–Trinajstić information content (AvgIpc) is 2.28. The average molecular weight is 250 g/mol. The van der Waals surface area contributed by atoms with Crippen LogP contribution in [0.4, 0.5) is 4.39 Å². The molecule has 1 fully saturated rings. The summed E-state index contributed by atoms with van der Waals surface area (Å²) in [5, 5.41) is 0. The SMILES string of the molecule is CN(Cc1cccc(F)c1)CC1CCCC(N)C1. The Morgan fingerprint density at radius 3 is 2.94 bits per heavy atom. The predicted molar refractivity (Wildman–Crippen MR) is 72.7 cm³/mol. The van der Waals surface area contributed by atoms with E-state index in [1.807, 2.05) is 6.07 Å². The highest BCUT2D eigenvalue weighted by Gasteiger charge is 2.20. The van der Waals surface area contributed by atoms with Crippen LogP contribution < -0.4 is 5.73 Å². The van der Waals surface area contributed by atoms with Gasteiger partial charge >= 0.3 is 0 Å². The zero-order chi connectivity index (χ0) is 13.0. The molecule has 0 bridgehead atoms. The maximum Gasteiger partial charge on any atom is 0.123 e. The fraction of sp³-hybridized carbons (Fsp3) is 0.600. The monoisotopic (exact) mass is 250 g/mol. The van der Waals surface area contributed by atoms with Crippen molar-refractivity contribution in [1.29, 1.82) is 0 Å². The first kappa shape index (κ1) is 13.5. The van der Waals surface area contributed by atoms with E-state index in [4.69, 9.17) is 5.73 Å². The normalized spacial score (nSPS) is 24.4. The zero-order valence-corrected chi connectivity index (χ0v) is 11.1. The van der Waals surface area contributed by atoms with Crippen molar-refractivity contribution in [1.82, 2.24) is 4.90 Å². The van der Waals surface area contributed by atoms with Crippen LogP contribution >= 0.6 is 0 Å². The van der Waals surface area contributed by atoms with E-state index in [1.54, 1.807) is 12.1 Å². The topological polar surface area (TPSA) is 29.3 Å². The summed E-state index contributed by atoms with van der Waals surface area (Å²) in [5.74, 6) is 0.549. The molecule has 1 aliphatic carbocycles. The van der Waals surface area contributed by atoms with E-state index in [0.29, 0.717) is 12.0 Å². The molecule has 2 nitrogen and oxygen atoms in total. The first-order valence-electron chi connectivity index (χ1n) is 6.82. The van der Waals surface area contributed by atoms with E-state index < -0.39 is 0 Å². The second-order valence-electron chi connectivity index (χ2n) is 5.62. The van der Waals surface area contributed by atoms with Gasteiger partial charge in [-0.05, 0) is 49.9 Å². The molecule has 2 atom stereocenters. The third-order valence-electron chi connectivity index (χ3n) is 3.73. The van der Waals surface area contributed by atoms with Gasteiger partial charge in [-0.3, -0.25) is 0 Å². The summed E-state index contributed by atoms with van der Waals surface area (Å²) in [4.78, 5) is 2.28. The summed E-state index contributed by atoms with van der Waals surface area (Å²) < 4.78 is 13.1. The molecule has 1 aromatic carbocycles. The lowest BCUT2D eigenvalue weighted by Crippen LogP contribution is -2.34. The van der Waals surface area contributed by atoms with Crippen molar-refractivity contribution in [2.24, 2.45) is 11.7 Å². The molecule has 0 heterocycles. The highest BCUT2D eigenvalue weighted by Crippen LogP contribution is 2.24. The Kier molecular flexibility index (Phi) is 4.72. The largest absolute Gasteiger partial charge is 0.328 e. The summed E-state index contributed by atoms with van der Waals surface area (Å²) in [7, 11) is 2.10. The van der Waals surface area contributed by atoms with Gasteiger partial charge in [-0.2, -0.15) is 0 Å². The number of nitrogens with two attached hydrogens (primary N) is 1. The van der Waals surface area contributed by atoms with Gasteiger partial charge in [0.05, 0.1) is 0 Å². The Morgan fingerprint density at radius 2 is 2.22 bits per heavy atom. The van der Waals surface area contributed by atoms with Crippen LogP contribution in [0.5, 0.6) is 0 Å².